The van der Waals surface area contributed by atoms with Crippen molar-refractivity contribution in [1.29, 1.82) is 0 Å². The maximum Gasteiger partial charge on any atom is 0.275 e. The van der Waals surface area contributed by atoms with Crippen LogP contribution in [0.1, 0.15) is 59.7 Å². The highest BCUT2D eigenvalue weighted by atomic mass is 35.5. The Kier molecular flexibility index (Phi) is 7.51. The molecule has 1 unspecified atom stereocenters. The average molecular weight is 472 g/mol. The summed E-state index contributed by atoms with van der Waals surface area (Å²) < 4.78 is 5.73. The third kappa shape index (κ3) is 5.52. The number of oxazole rings is 1. The van der Waals surface area contributed by atoms with Crippen LogP contribution in [-0.4, -0.2) is 33.8 Å². The van der Waals surface area contributed by atoms with Gasteiger partial charge in [-0.05, 0) is 49.4 Å². The summed E-state index contributed by atoms with van der Waals surface area (Å²) in [6.07, 6.45) is 4.74. The van der Waals surface area contributed by atoms with Crippen molar-refractivity contribution in [2.75, 3.05) is 13.1 Å². The van der Waals surface area contributed by atoms with E-state index in [1.807, 2.05) is 35.2 Å². The van der Waals surface area contributed by atoms with Gasteiger partial charge in [0.15, 0.2) is 5.69 Å². The smallest absolute Gasteiger partial charge is 0.275 e. The van der Waals surface area contributed by atoms with Crippen molar-refractivity contribution in [3.05, 3.63) is 87.6 Å². The van der Waals surface area contributed by atoms with Crippen LogP contribution in [0.15, 0.2) is 59.2 Å². The summed E-state index contributed by atoms with van der Waals surface area (Å²) in [5.41, 5.74) is 2.52. The number of benzene rings is 2. The highest BCUT2D eigenvalue weighted by Crippen LogP contribution is 2.28. The lowest BCUT2D eigenvalue weighted by Crippen LogP contribution is -2.35. The number of hydrogen-bond acceptors (Lipinski definition) is 4. The quantitative estimate of drug-likeness (QED) is 0.401. The first kappa shape index (κ1) is 22.8. The number of halogens is 2. The monoisotopic (exact) mass is 471 g/mol. The van der Waals surface area contributed by atoms with Crippen molar-refractivity contribution in [2.24, 2.45) is 0 Å². The molecule has 2 aromatic carbocycles. The van der Waals surface area contributed by atoms with Gasteiger partial charge in [-0.15, -0.1) is 0 Å². The highest BCUT2D eigenvalue weighted by Gasteiger charge is 2.24. The predicted octanol–water partition coefficient (Wildman–Crippen LogP) is 6.37. The van der Waals surface area contributed by atoms with Gasteiger partial charge < -0.3 is 9.32 Å². The van der Waals surface area contributed by atoms with Gasteiger partial charge in [0.25, 0.3) is 5.91 Å². The fraction of sp³-hybridized carbons (Fsp3) is 0.360. The molecule has 1 atom stereocenters. The van der Waals surface area contributed by atoms with E-state index >= 15 is 0 Å². The first-order valence-corrected chi connectivity index (χ1v) is 11.7. The molecule has 4 rings (SSSR count). The number of piperidine rings is 1. The summed E-state index contributed by atoms with van der Waals surface area (Å²) in [6.45, 7) is 4.74. The molecule has 0 radical (unpaired) electrons. The third-order valence-electron chi connectivity index (χ3n) is 5.97. The molecule has 32 heavy (non-hydrogen) atoms. The molecule has 0 N–H and O–H groups in total. The largest absolute Gasteiger partial charge is 0.447 e. The van der Waals surface area contributed by atoms with Crippen LogP contribution in [0, 0.1) is 0 Å². The summed E-state index contributed by atoms with van der Waals surface area (Å²) in [5, 5.41) is 1.23. The summed E-state index contributed by atoms with van der Waals surface area (Å²) >= 11 is 12.5. The second kappa shape index (κ2) is 10.5. The third-order valence-corrected chi connectivity index (χ3v) is 6.56. The molecule has 1 aliphatic heterocycles. The normalized spacial score (nSPS) is 15.2. The summed E-state index contributed by atoms with van der Waals surface area (Å²) in [6, 6.07) is 15.9. The van der Waals surface area contributed by atoms with Gasteiger partial charge in [-0.25, -0.2) is 4.98 Å². The van der Waals surface area contributed by atoms with Gasteiger partial charge in [-0.2, -0.15) is 0 Å². The zero-order valence-corrected chi connectivity index (χ0v) is 19.6. The Morgan fingerprint density at radius 2 is 1.84 bits per heavy atom. The van der Waals surface area contributed by atoms with Crippen molar-refractivity contribution >= 4 is 29.1 Å². The molecule has 0 saturated carbocycles. The van der Waals surface area contributed by atoms with Crippen LogP contribution < -0.4 is 0 Å². The first-order valence-electron chi connectivity index (χ1n) is 11.0. The molecular weight excluding hydrogens is 445 g/mol. The van der Waals surface area contributed by atoms with Crippen LogP contribution in [0.2, 0.25) is 10.0 Å². The fourth-order valence-electron chi connectivity index (χ4n) is 4.06. The van der Waals surface area contributed by atoms with Crippen LogP contribution in [0.4, 0.5) is 0 Å². The lowest BCUT2D eigenvalue weighted by molar-refractivity contribution is 0.0718. The van der Waals surface area contributed by atoms with Crippen molar-refractivity contribution in [1.82, 2.24) is 14.8 Å². The van der Waals surface area contributed by atoms with E-state index in [0.717, 1.165) is 31.5 Å². The van der Waals surface area contributed by atoms with Gasteiger partial charge in [0.1, 0.15) is 6.26 Å². The van der Waals surface area contributed by atoms with Crippen LogP contribution in [0.25, 0.3) is 0 Å². The molecule has 1 fully saturated rings. The van der Waals surface area contributed by atoms with Crippen molar-refractivity contribution in [2.45, 2.75) is 45.3 Å². The predicted molar refractivity (Wildman–Crippen MR) is 127 cm³/mol. The van der Waals surface area contributed by atoms with Gasteiger partial charge in [0, 0.05) is 35.7 Å². The number of carbonyl (C=O) groups excluding carboxylic acids is 1. The van der Waals surface area contributed by atoms with Crippen LogP contribution in [0.3, 0.4) is 0 Å². The standard InChI is InChI=1S/C25H27Cl2N3O2/c1-18(19-8-4-2-5-9-19)30(15-20-10-11-21(26)14-22(20)27)16-24-28-23(17-32-24)25(31)29-12-6-3-7-13-29/h2,4-5,8-11,14,17-18H,3,6-7,12-13,15-16H2,1H3. The number of likely N-dealkylation sites (tertiary alicyclic amines) is 1. The molecule has 0 aliphatic carbocycles. The summed E-state index contributed by atoms with van der Waals surface area (Å²) in [7, 11) is 0. The van der Waals surface area contributed by atoms with Gasteiger partial charge in [0.05, 0.1) is 6.54 Å². The lowest BCUT2D eigenvalue weighted by atomic mass is 10.1. The van der Waals surface area contributed by atoms with Crippen LogP contribution >= 0.6 is 23.2 Å². The Bertz CT molecular complexity index is 1050. The van der Waals surface area contributed by atoms with E-state index in [-0.39, 0.29) is 11.9 Å². The number of hydrogen-bond donors (Lipinski definition) is 0. The second-order valence-corrected chi connectivity index (χ2v) is 9.05. The van der Waals surface area contributed by atoms with E-state index in [0.29, 0.717) is 34.7 Å². The maximum atomic E-state index is 12.8. The molecule has 0 bridgehead atoms. The summed E-state index contributed by atoms with van der Waals surface area (Å²) in [5.74, 6) is 0.460. The molecule has 5 nitrogen and oxygen atoms in total. The Hall–Kier alpha value is -2.34. The molecular formula is C25H27Cl2N3O2. The number of amides is 1. The minimum Gasteiger partial charge on any atom is -0.447 e. The Labute approximate surface area is 198 Å². The number of carbonyl (C=O) groups is 1. The zero-order chi connectivity index (χ0) is 22.5. The number of rotatable bonds is 7. The maximum absolute atomic E-state index is 12.8. The number of aromatic nitrogens is 1. The van der Waals surface area contributed by atoms with Gasteiger partial charge >= 0.3 is 0 Å². The van der Waals surface area contributed by atoms with E-state index in [1.165, 1.54) is 18.2 Å². The minimum atomic E-state index is -0.0527. The Morgan fingerprint density at radius 1 is 1.09 bits per heavy atom. The summed E-state index contributed by atoms with van der Waals surface area (Å²) in [4.78, 5) is 21.4. The molecule has 1 saturated heterocycles. The van der Waals surface area contributed by atoms with Crippen molar-refractivity contribution in [3.8, 4) is 0 Å². The first-order chi connectivity index (χ1) is 15.5. The van der Waals surface area contributed by atoms with E-state index in [9.17, 15) is 4.79 Å². The van der Waals surface area contributed by atoms with E-state index < -0.39 is 0 Å². The highest BCUT2D eigenvalue weighted by molar-refractivity contribution is 6.35. The molecule has 1 aliphatic rings. The van der Waals surface area contributed by atoms with E-state index in [2.05, 4.69) is 28.9 Å². The van der Waals surface area contributed by atoms with Gasteiger partial charge in [0.2, 0.25) is 5.89 Å². The molecule has 1 aromatic heterocycles. The van der Waals surface area contributed by atoms with E-state index in [4.69, 9.17) is 27.6 Å². The Morgan fingerprint density at radius 3 is 2.56 bits per heavy atom. The van der Waals surface area contributed by atoms with Gasteiger partial charge in [-0.3, -0.25) is 9.69 Å². The molecule has 2 heterocycles. The number of nitrogens with zero attached hydrogens (tertiary/aromatic N) is 3. The lowest BCUT2D eigenvalue weighted by Gasteiger charge is -2.29. The zero-order valence-electron chi connectivity index (χ0n) is 18.1. The fourth-order valence-corrected chi connectivity index (χ4v) is 4.52. The minimum absolute atomic E-state index is 0.0527. The SMILES string of the molecule is CC(c1ccccc1)N(Cc1nc(C(=O)N2CCCCC2)co1)Cc1ccc(Cl)cc1Cl. The van der Waals surface area contributed by atoms with Crippen LogP contribution in [-0.2, 0) is 13.1 Å². The molecule has 0 spiro atoms. The molecule has 1 amide bonds. The second-order valence-electron chi connectivity index (χ2n) is 8.21. The van der Waals surface area contributed by atoms with Gasteiger partial charge in [-0.1, -0.05) is 59.6 Å². The average Bonchev–Trinajstić information content (AvgIpc) is 3.29. The molecule has 3 aromatic rings. The molecule has 168 valence electrons. The topological polar surface area (TPSA) is 49.6 Å². The van der Waals surface area contributed by atoms with E-state index in [1.54, 1.807) is 6.07 Å². The van der Waals surface area contributed by atoms with Crippen molar-refractivity contribution < 1.29 is 9.21 Å². The van der Waals surface area contributed by atoms with Crippen molar-refractivity contribution in [3.63, 3.8) is 0 Å². The van der Waals surface area contributed by atoms with Crippen LogP contribution in [0.5, 0.6) is 0 Å². The molecule has 7 heteroatoms. The Balaban J connectivity index is 1.55.